The number of aromatic nitrogens is 1. The Bertz CT molecular complexity index is 970. The molecule has 0 radical (unpaired) electrons. The van der Waals surface area contributed by atoms with E-state index in [9.17, 15) is 4.79 Å². The van der Waals surface area contributed by atoms with Crippen LogP contribution in [0, 0.1) is 0 Å². The van der Waals surface area contributed by atoms with E-state index >= 15 is 0 Å². The summed E-state index contributed by atoms with van der Waals surface area (Å²) in [6.45, 7) is 0.352. The standard InChI is InChI=1S/C23H22N2O4/c1-28-25-23(19-7-3-2-4-8-19)20-9-5-6-18(14-20)16-29-21-12-10-17(15-24-21)11-13-22(26)27/h2-10,12,14-15H,11,13,16H2,1H3,(H,26,27)/b25-23-. The number of ether oxygens (including phenoxy) is 1. The summed E-state index contributed by atoms with van der Waals surface area (Å²) in [5.74, 6) is -0.333. The van der Waals surface area contributed by atoms with Gasteiger partial charge in [0, 0.05) is 29.8 Å². The molecule has 0 unspecified atom stereocenters. The second kappa shape index (κ2) is 10.0. The minimum absolute atomic E-state index is 0.0848. The fourth-order valence-corrected chi connectivity index (χ4v) is 2.82. The molecule has 3 aromatic rings. The fourth-order valence-electron chi connectivity index (χ4n) is 2.82. The summed E-state index contributed by atoms with van der Waals surface area (Å²) < 4.78 is 5.77. The molecule has 1 N–H and O–H groups in total. The first-order valence-electron chi connectivity index (χ1n) is 9.21. The summed E-state index contributed by atoms with van der Waals surface area (Å²) in [5, 5.41) is 12.9. The summed E-state index contributed by atoms with van der Waals surface area (Å²) in [4.78, 5) is 19.9. The van der Waals surface area contributed by atoms with Crippen LogP contribution in [0.15, 0.2) is 78.1 Å². The monoisotopic (exact) mass is 390 g/mol. The van der Waals surface area contributed by atoms with Crippen molar-refractivity contribution in [1.82, 2.24) is 4.98 Å². The third-order valence-corrected chi connectivity index (χ3v) is 4.24. The van der Waals surface area contributed by atoms with Gasteiger partial charge in [0.15, 0.2) is 0 Å². The van der Waals surface area contributed by atoms with Crippen molar-refractivity contribution in [2.45, 2.75) is 19.4 Å². The second-order valence-corrected chi connectivity index (χ2v) is 6.38. The lowest BCUT2D eigenvalue weighted by molar-refractivity contribution is -0.136. The van der Waals surface area contributed by atoms with Crippen LogP contribution in [0.4, 0.5) is 0 Å². The lowest BCUT2D eigenvalue weighted by atomic mass is 10.0. The molecule has 1 heterocycles. The Hall–Kier alpha value is -3.67. The number of rotatable bonds is 9. The topological polar surface area (TPSA) is 81.0 Å². The van der Waals surface area contributed by atoms with Crippen LogP contribution in [-0.4, -0.2) is 28.9 Å². The zero-order valence-corrected chi connectivity index (χ0v) is 16.1. The number of carbonyl (C=O) groups is 1. The summed E-state index contributed by atoms with van der Waals surface area (Å²) in [6.07, 6.45) is 2.18. The molecule has 0 aliphatic heterocycles. The minimum atomic E-state index is -0.822. The molecule has 29 heavy (non-hydrogen) atoms. The van der Waals surface area contributed by atoms with Crippen molar-refractivity contribution in [3.63, 3.8) is 0 Å². The van der Waals surface area contributed by atoms with Crippen molar-refractivity contribution in [2.75, 3.05) is 7.11 Å². The van der Waals surface area contributed by atoms with Crippen molar-refractivity contribution in [3.8, 4) is 5.88 Å². The van der Waals surface area contributed by atoms with E-state index in [1.165, 1.54) is 7.11 Å². The molecule has 148 valence electrons. The second-order valence-electron chi connectivity index (χ2n) is 6.38. The SMILES string of the molecule is CO/N=C(/c1ccccc1)c1cccc(COc2ccc(CCC(=O)O)cn2)c1. The average Bonchev–Trinajstić information content (AvgIpc) is 2.76. The molecule has 0 fully saturated rings. The maximum Gasteiger partial charge on any atom is 0.303 e. The Kier molecular flexibility index (Phi) is 6.95. The van der Waals surface area contributed by atoms with E-state index in [0.29, 0.717) is 18.9 Å². The molecule has 0 amide bonds. The van der Waals surface area contributed by atoms with Gasteiger partial charge in [-0.2, -0.15) is 0 Å². The normalized spacial score (nSPS) is 11.1. The zero-order chi connectivity index (χ0) is 20.5. The van der Waals surface area contributed by atoms with Crippen LogP contribution >= 0.6 is 0 Å². The molecule has 0 bridgehead atoms. The Labute approximate surface area is 169 Å². The fraction of sp³-hybridized carbons (Fsp3) is 0.174. The average molecular weight is 390 g/mol. The first kappa shape index (κ1) is 20.1. The highest BCUT2D eigenvalue weighted by Crippen LogP contribution is 2.16. The van der Waals surface area contributed by atoms with E-state index in [4.69, 9.17) is 14.7 Å². The van der Waals surface area contributed by atoms with Crippen LogP contribution in [0.2, 0.25) is 0 Å². The minimum Gasteiger partial charge on any atom is -0.481 e. The highest BCUT2D eigenvalue weighted by atomic mass is 16.6. The van der Waals surface area contributed by atoms with Gasteiger partial charge in [-0.15, -0.1) is 0 Å². The number of hydrogen-bond donors (Lipinski definition) is 1. The van der Waals surface area contributed by atoms with Gasteiger partial charge >= 0.3 is 5.97 Å². The third kappa shape index (κ3) is 5.90. The van der Waals surface area contributed by atoms with Gasteiger partial charge in [0.2, 0.25) is 5.88 Å². The van der Waals surface area contributed by atoms with Crippen LogP contribution in [0.3, 0.4) is 0 Å². The molecule has 0 saturated heterocycles. The Morgan fingerprint density at radius 1 is 1.00 bits per heavy atom. The van der Waals surface area contributed by atoms with Crippen molar-refractivity contribution in [2.24, 2.45) is 5.16 Å². The number of pyridine rings is 1. The van der Waals surface area contributed by atoms with Gasteiger partial charge in [0.05, 0.1) is 0 Å². The molecular formula is C23H22N2O4. The number of aryl methyl sites for hydroxylation is 1. The quantitative estimate of drug-likeness (QED) is 0.440. The Morgan fingerprint density at radius 3 is 2.48 bits per heavy atom. The number of nitrogens with zero attached hydrogens (tertiary/aromatic N) is 2. The predicted octanol–water partition coefficient (Wildman–Crippen LogP) is 4.08. The number of aliphatic carboxylic acids is 1. The maximum absolute atomic E-state index is 10.6. The largest absolute Gasteiger partial charge is 0.481 e. The van der Waals surface area contributed by atoms with Gasteiger partial charge in [0.25, 0.3) is 0 Å². The van der Waals surface area contributed by atoms with E-state index in [-0.39, 0.29) is 6.42 Å². The molecular weight excluding hydrogens is 368 g/mol. The van der Waals surface area contributed by atoms with Gasteiger partial charge in [-0.05, 0) is 23.6 Å². The Morgan fingerprint density at radius 2 is 1.79 bits per heavy atom. The van der Waals surface area contributed by atoms with Crippen LogP contribution in [-0.2, 0) is 22.7 Å². The number of benzene rings is 2. The number of carboxylic acids is 1. The molecule has 6 heteroatoms. The molecule has 0 aliphatic rings. The molecule has 0 atom stereocenters. The summed E-state index contributed by atoms with van der Waals surface area (Å²) in [7, 11) is 1.53. The summed E-state index contributed by atoms with van der Waals surface area (Å²) in [5.41, 5.74) is 4.47. The molecule has 3 rings (SSSR count). The number of oxime groups is 1. The zero-order valence-electron chi connectivity index (χ0n) is 16.1. The number of carboxylic acid groups (broad SMARTS) is 1. The van der Waals surface area contributed by atoms with Crippen molar-refractivity contribution >= 4 is 11.7 Å². The van der Waals surface area contributed by atoms with Crippen LogP contribution in [0.1, 0.15) is 28.7 Å². The van der Waals surface area contributed by atoms with E-state index in [0.717, 1.165) is 28.0 Å². The third-order valence-electron chi connectivity index (χ3n) is 4.24. The molecule has 1 aromatic heterocycles. The highest BCUT2D eigenvalue weighted by Gasteiger charge is 2.09. The highest BCUT2D eigenvalue weighted by molar-refractivity contribution is 6.12. The molecule has 2 aromatic carbocycles. The van der Waals surface area contributed by atoms with Gasteiger partial charge in [-0.1, -0.05) is 59.8 Å². The molecule has 0 spiro atoms. The molecule has 6 nitrogen and oxygen atoms in total. The predicted molar refractivity (Wildman–Crippen MR) is 110 cm³/mol. The van der Waals surface area contributed by atoms with Gasteiger partial charge in [-0.25, -0.2) is 4.98 Å². The molecule has 0 saturated carbocycles. The van der Waals surface area contributed by atoms with Gasteiger partial charge < -0.3 is 14.7 Å². The first-order chi connectivity index (χ1) is 14.2. The smallest absolute Gasteiger partial charge is 0.303 e. The first-order valence-corrected chi connectivity index (χ1v) is 9.21. The van der Waals surface area contributed by atoms with Crippen molar-refractivity contribution in [3.05, 3.63) is 95.2 Å². The van der Waals surface area contributed by atoms with Crippen LogP contribution in [0.5, 0.6) is 5.88 Å². The van der Waals surface area contributed by atoms with Crippen LogP contribution in [0.25, 0.3) is 0 Å². The van der Waals surface area contributed by atoms with E-state index in [1.807, 2.05) is 60.7 Å². The van der Waals surface area contributed by atoms with Crippen LogP contribution < -0.4 is 4.74 Å². The van der Waals surface area contributed by atoms with Gasteiger partial charge in [0.1, 0.15) is 19.4 Å². The van der Waals surface area contributed by atoms with Crippen molar-refractivity contribution < 1.29 is 19.5 Å². The lowest BCUT2D eigenvalue weighted by Gasteiger charge is -2.10. The van der Waals surface area contributed by atoms with E-state index < -0.39 is 5.97 Å². The van der Waals surface area contributed by atoms with E-state index in [1.54, 1.807) is 12.3 Å². The lowest BCUT2D eigenvalue weighted by Crippen LogP contribution is -2.05. The maximum atomic E-state index is 10.6. The van der Waals surface area contributed by atoms with Gasteiger partial charge in [-0.3, -0.25) is 4.79 Å². The summed E-state index contributed by atoms with van der Waals surface area (Å²) >= 11 is 0. The Balaban J connectivity index is 1.68. The summed E-state index contributed by atoms with van der Waals surface area (Å²) in [6, 6.07) is 21.3. The number of hydrogen-bond acceptors (Lipinski definition) is 5. The molecule has 0 aliphatic carbocycles. The van der Waals surface area contributed by atoms with Crippen molar-refractivity contribution in [1.29, 1.82) is 0 Å². The van der Waals surface area contributed by atoms with E-state index in [2.05, 4.69) is 10.1 Å².